The number of sulfone groups is 2. The van der Waals surface area contributed by atoms with Crippen LogP contribution < -0.4 is 0 Å². The molecule has 0 unspecified atom stereocenters. The molecule has 0 radical (unpaired) electrons. The molecule has 3 aromatic carbocycles. The molecule has 2 heterocycles. The van der Waals surface area contributed by atoms with E-state index in [1.807, 2.05) is 36.4 Å². The third-order valence-corrected chi connectivity index (χ3v) is 11.7. The Morgan fingerprint density at radius 1 is 0.545 bits per heavy atom. The molecular weight excluding hydrogens is 641 g/mol. The second-order valence-electron chi connectivity index (χ2n) is 10.2. The van der Waals surface area contributed by atoms with E-state index >= 15 is 0 Å². The quantitative estimate of drug-likeness (QED) is 0.171. The van der Waals surface area contributed by atoms with E-state index in [1.54, 1.807) is 24.3 Å². The summed E-state index contributed by atoms with van der Waals surface area (Å²) < 4.78 is 47.4. The molecule has 2 aromatic heterocycles. The number of rotatable bonds is 10. The molecular formula is C32H26O8S4. The van der Waals surface area contributed by atoms with Crippen molar-refractivity contribution >= 4 is 54.3 Å². The van der Waals surface area contributed by atoms with Crippen LogP contribution in [0.1, 0.15) is 11.1 Å². The predicted octanol–water partition coefficient (Wildman–Crippen LogP) is 6.54. The molecule has 226 valence electrons. The first-order valence-electron chi connectivity index (χ1n) is 13.1. The highest BCUT2D eigenvalue weighted by atomic mass is 32.2. The van der Waals surface area contributed by atoms with E-state index in [2.05, 4.69) is 0 Å². The fourth-order valence-corrected chi connectivity index (χ4v) is 8.37. The lowest BCUT2D eigenvalue weighted by atomic mass is 10.0. The Bertz CT molecular complexity index is 1930. The lowest BCUT2D eigenvalue weighted by Crippen LogP contribution is -2.00. The SMILES string of the molecule is CS(=O)(=O)c1ccc(-c2cc(CC(=O)O)c(-c3ccc(-c4sc(-c5ccc(S(C)(=O)=O)cc5)cc4CC(=O)O)cc3)s2)cc1. The van der Waals surface area contributed by atoms with E-state index in [9.17, 15) is 36.6 Å². The molecule has 0 spiro atoms. The van der Waals surface area contributed by atoms with Crippen LogP contribution in [0.25, 0.3) is 41.8 Å². The molecule has 5 rings (SSSR count). The molecule has 0 saturated heterocycles. The van der Waals surface area contributed by atoms with Gasteiger partial charge in [0.15, 0.2) is 19.7 Å². The van der Waals surface area contributed by atoms with Gasteiger partial charge in [0.25, 0.3) is 0 Å². The molecule has 0 fully saturated rings. The van der Waals surface area contributed by atoms with Crippen LogP contribution in [-0.4, -0.2) is 51.5 Å². The van der Waals surface area contributed by atoms with Crippen molar-refractivity contribution in [3.63, 3.8) is 0 Å². The monoisotopic (exact) mass is 666 g/mol. The van der Waals surface area contributed by atoms with Crippen LogP contribution in [-0.2, 0) is 42.1 Å². The van der Waals surface area contributed by atoms with Gasteiger partial charge in [-0.05, 0) is 69.8 Å². The summed E-state index contributed by atoms with van der Waals surface area (Å²) in [5.41, 5.74) is 4.38. The van der Waals surface area contributed by atoms with E-state index < -0.39 is 31.6 Å². The van der Waals surface area contributed by atoms with Crippen LogP contribution in [0.3, 0.4) is 0 Å². The van der Waals surface area contributed by atoms with Gasteiger partial charge in [0.1, 0.15) is 0 Å². The van der Waals surface area contributed by atoms with Crippen molar-refractivity contribution in [2.24, 2.45) is 0 Å². The number of hydrogen-bond acceptors (Lipinski definition) is 8. The van der Waals surface area contributed by atoms with Gasteiger partial charge in [0, 0.05) is 32.0 Å². The molecule has 0 aliphatic rings. The van der Waals surface area contributed by atoms with Gasteiger partial charge in [-0.3, -0.25) is 9.59 Å². The summed E-state index contributed by atoms with van der Waals surface area (Å²) >= 11 is 2.82. The number of thiophene rings is 2. The average Bonchev–Trinajstić information content (AvgIpc) is 3.56. The van der Waals surface area contributed by atoms with Crippen LogP contribution in [0.15, 0.2) is 94.7 Å². The lowest BCUT2D eigenvalue weighted by Gasteiger charge is -2.06. The number of hydrogen-bond donors (Lipinski definition) is 2. The van der Waals surface area contributed by atoms with E-state index in [-0.39, 0.29) is 22.6 Å². The van der Waals surface area contributed by atoms with Gasteiger partial charge in [0.05, 0.1) is 22.6 Å². The van der Waals surface area contributed by atoms with E-state index in [0.717, 1.165) is 54.3 Å². The summed E-state index contributed by atoms with van der Waals surface area (Å²) in [7, 11) is -6.70. The summed E-state index contributed by atoms with van der Waals surface area (Å²) in [6, 6.07) is 24.0. The highest BCUT2D eigenvalue weighted by molar-refractivity contribution is 7.91. The van der Waals surface area contributed by atoms with Gasteiger partial charge in [-0.2, -0.15) is 0 Å². The Hall–Kier alpha value is -4.10. The molecule has 0 aliphatic heterocycles. The van der Waals surface area contributed by atoms with Crippen molar-refractivity contribution in [1.82, 2.24) is 0 Å². The van der Waals surface area contributed by atoms with Gasteiger partial charge >= 0.3 is 11.9 Å². The minimum absolute atomic E-state index is 0.190. The molecule has 2 N–H and O–H groups in total. The highest BCUT2D eigenvalue weighted by Gasteiger charge is 2.19. The van der Waals surface area contributed by atoms with Crippen LogP contribution >= 0.6 is 22.7 Å². The average molecular weight is 667 g/mol. The summed E-state index contributed by atoms with van der Waals surface area (Å²) in [4.78, 5) is 26.9. The number of carboxylic acid groups (broad SMARTS) is 2. The van der Waals surface area contributed by atoms with Gasteiger partial charge in [-0.15, -0.1) is 22.7 Å². The fourth-order valence-electron chi connectivity index (χ4n) is 4.72. The second kappa shape index (κ2) is 12.1. The van der Waals surface area contributed by atoms with Crippen molar-refractivity contribution in [1.29, 1.82) is 0 Å². The van der Waals surface area contributed by atoms with E-state index in [4.69, 9.17) is 0 Å². The minimum Gasteiger partial charge on any atom is -0.481 e. The minimum atomic E-state index is -3.35. The molecule has 0 aliphatic carbocycles. The third kappa shape index (κ3) is 6.99. The first-order chi connectivity index (χ1) is 20.7. The topological polar surface area (TPSA) is 143 Å². The number of aliphatic carboxylic acids is 2. The van der Waals surface area contributed by atoms with Gasteiger partial charge in [-0.25, -0.2) is 16.8 Å². The zero-order valence-corrected chi connectivity index (χ0v) is 26.7. The van der Waals surface area contributed by atoms with Crippen LogP contribution in [0, 0.1) is 0 Å². The summed E-state index contributed by atoms with van der Waals surface area (Å²) in [5.74, 6) is -1.96. The zero-order valence-electron chi connectivity index (χ0n) is 23.5. The molecule has 0 amide bonds. The van der Waals surface area contributed by atoms with Gasteiger partial charge < -0.3 is 10.2 Å². The molecule has 0 saturated carbocycles. The van der Waals surface area contributed by atoms with E-state index in [0.29, 0.717) is 11.1 Å². The zero-order chi connectivity index (χ0) is 31.8. The smallest absolute Gasteiger partial charge is 0.307 e. The second-order valence-corrected chi connectivity index (χ2v) is 16.4. The Kier molecular flexibility index (Phi) is 8.63. The first-order valence-corrected chi connectivity index (χ1v) is 18.5. The molecule has 12 heteroatoms. The maximum absolute atomic E-state index is 11.9. The number of benzene rings is 3. The normalized spacial score (nSPS) is 11.9. The fraction of sp³-hybridized carbons (Fsp3) is 0.125. The summed E-state index contributed by atoms with van der Waals surface area (Å²) in [5, 5.41) is 19.1. The molecule has 5 aromatic rings. The predicted molar refractivity (Wildman–Crippen MR) is 173 cm³/mol. The van der Waals surface area contributed by atoms with Gasteiger partial charge in [-0.1, -0.05) is 48.5 Å². The third-order valence-electron chi connectivity index (χ3n) is 6.84. The largest absolute Gasteiger partial charge is 0.481 e. The summed E-state index contributed by atoms with van der Waals surface area (Å²) in [6.45, 7) is 0. The van der Waals surface area contributed by atoms with E-state index in [1.165, 1.54) is 46.9 Å². The first kappa shape index (κ1) is 31.3. The van der Waals surface area contributed by atoms with Crippen LogP contribution in [0.2, 0.25) is 0 Å². The molecule has 8 nitrogen and oxygen atoms in total. The van der Waals surface area contributed by atoms with Crippen LogP contribution in [0.4, 0.5) is 0 Å². The molecule has 0 bridgehead atoms. The lowest BCUT2D eigenvalue weighted by molar-refractivity contribution is -0.137. The maximum atomic E-state index is 11.9. The summed E-state index contributed by atoms with van der Waals surface area (Å²) in [6.07, 6.45) is 1.90. The Balaban J connectivity index is 1.50. The van der Waals surface area contributed by atoms with Crippen molar-refractivity contribution in [2.45, 2.75) is 22.6 Å². The Morgan fingerprint density at radius 2 is 0.841 bits per heavy atom. The van der Waals surface area contributed by atoms with Gasteiger partial charge in [0.2, 0.25) is 0 Å². The molecule has 0 atom stereocenters. The standard InChI is InChI=1S/C32H26O8S4/c1-43(37,38)25-11-7-19(8-12-25)27-15-23(17-29(33)34)31(41-27)21-3-5-22(6-4-21)32-24(18-30(35)36)16-28(42-32)20-9-13-26(14-10-20)44(2,39)40/h3-16H,17-18H2,1-2H3,(H,33,34)(H,35,36). The van der Waals surface area contributed by atoms with Crippen molar-refractivity contribution < 1.29 is 36.6 Å². The number of carbonyl (C=O) groups is 2. The Labute approximate surface area is 262 Å². The van der Waals surface area contributed by atoms with Crippen molar-refractivity contribution in [3.8, 4) is 41.8 Å². The Morgan fingerprint density at radius 3 is 1.11 bits per heavy atom. The van der Waals surface area contributed by atoms with Crippen molar-refractivity contribution in [2.75, 3.05) is 12.5 Å². The van der Waals surface area contributed by atoms with Crippen LogP contribution in [0.5, 0.6) is 0 Å². The molecule has 44 heavy (non-hydrogen) atoms. The number of carboxylic acids is 2. The maximum Gasteiger partial charge on any atom is 0.307 e. The van der Waals surface area contributed by atoms with Crippen molar-refractivity contribution in [3.05, 3.63) is 96.1 Å². The highest BCUT2D eigenvalue weighted by Crippen LogP contribution is 2.42.